The molecule has 1 atom stereocenters. The highest BCUT2D eigenvalue weighted by Crippen LogP contribution is 2.36. The first-order valence-corrected chi connectivity index (χ1v) is 11.8. The van der Waals surface area contributed by atoms with Gasteiger partial charge in [0, 0.05) is 11.0 Å². The van der Waals surface area contributed by atoms with Crippen LogP contribution in [0.15, 0.2) is 35.2 Å². The van der Waals surface area contributed by atoms with Crippen molar-refractivity contribution in [3.8, 4) is 0 Å². The predicted octanol–water partition coefficient (Wildman–Crippen LogP) is 4.58. The van der Waals surface area contributed by atoms with E-state index in [1.165, 1.54) is 4.90 Å². The number of halogens is 1. The summed E-state index contributed by atoms with van der Waals surface area (Å²) in [5, 5.41) is 3.46. The van der Waals surface area contributed by atoms with Crippen molar-refractivity contribution in [3.05, 3.63) is 36.2 Å². The van der Waals surface area contributed by atoms with Crippen molar-refractivity contribution >= 4 is 68.5 Å². The van der Waals surface area contributed by atoms with Crippen LogP contribution in [0.2, 0.25) is 0 Å². The number of nitrogen functional groups attached to an aromatic ring is 1. The topological polar surface area (TPSA) is 68.8 Å². The molecule has 2 heterocycles. The smallest absolute Gasteiger partial charge is 0.168 e. The molecule has 0 amide bonds. The van der Waals surface area contributed by atoms with Gasteiger partial charge in [0.2, 0.25) is 0 Å². The van der Waals surface area contributed by atoms with Crippen molar-refractivity contribution in [2.75, 3.05) is 17.3 Å². The van der Waals surface area contributed by atoms with Gasteiger partial charge in [-0.2, -0.15) is 0 Å². The molecule has 3 N–H and O–H groups in total. The summed E-state index contributed by atoms with van der Waals surface area (Å²) < 4.78 is 2.08. The number of hydrogen-bond acceptors (Lipinski definition) is 5. The molecule has 0 spiro atoms. The average molecular weight is 443 g/mol. The molecule has 3 rings (SSSR count). The maximum atomic E-state index is 5.98. The summed E-state index contributed by atoms with van der Waals surface area (Å²) in [4.78, 5) is 10.3. The summed E-state index contributed by atoms with van der Waals surface area (Å²) >= 11 is 4.03. The van der Waals surface area contributed by atoms with E-state index in [0.29, 0.717) is 12.2 Å². The van der Waals surface area contributed by atoms with Gasteiger partial charge in [0.25, 0.3) is 0 Å². The molecule has 0 aliphatic rings. The van der Waals surface area contributed by atoms with Crippen LogP contribution in [0.1, 0.15) is 5.82 Å². The van der Waals surface area contributed by atoms with Crippen molar-refractivity contribution in [2.24, 2.45) is 0 Å². The lowest BCUT2D eigenvalue weighted by Gasteiger charge is -2.11. The minimum atomic E-state index is 0.493. The van der Waals surface area contributed by atoms with Crippen LogP contribution < -0.4 is 11.1 Å². The lowest BCUT2D eigenvalue weighted by molar-refractivity contribution is 1.10. The summed E-state index contributed by atoms with van der Waals surface area (Å²) in [5.41, 5.74) is 9.60. The second kappa shape index (κ2) is 6.60. The fourth-order valence-electron chi connectivity index (χ4n) is 2.26. The third kappa shape index (κ3) is 2.89. The zero-order chi connectivity index (χ0) is 15.7. The Morgan fingerprint density at radius 1 is 1.27 bits per heavy atom. The number of rotatable bonds is 4. The molecule has 0 saturated heterocycles. The Balaban J connectivity index is 2.14. The molecule has 5 nitrogen and oxygen atoms in total. The van der Waals surface area contributed by atoms with Gasteiger partial charge in [-0.05, 0) is 47.4 Å². The number of anilines is 3. The highest BCUT2D eigenvalue weighted by atomic mass is 127. The van der Waals surface area contributed by atoms with Crippen molar-refractivity contribution < 1.29 is 0 Å². The lowest BCUT2D eigenvalue weighted by atomic mass is 10.3. The van der Waals surface area contributed by atoms with Crippen LogP contribution >= 0.6 is 40.2 Å². The van der Waals surface area contributed by atoms with Crippen molar-refractivity contribution in [1.82, 2.24) is 14.3 Å². The second-order valence-electron chi connectivity index (χ2n) is 4.67. The molecular weight excluding hydrogens is 428 g/mol. The maximum absolute atomic E-state index is 5.98. The standard InChI is InChI=1S/C14H15IN5PS/c1-8-17-13-10(7-12(16)19-14(13)20(8)21-15)18-9-5-3-4-6-11(9)22-2/h3-7,21H,1-2H3,(H3,16,18,19). The highest BCUT2D eigenvalue weighted by molar-refractivity contribution is 14.2. The minimum absolute atomic E-state index is 0.493. The van der Waals surface area contributed by atoms with E-state index >= 15 is 0 Å². The first-order chi connectivity index (χ1) is 10.6. The molecular formula is C14H15IN5PS. The first-order valence-electron chi connectivity index (χ1n) is 6.56. The number of pyridine rings is 1. The Hall–Kier alpha value is -1.05. The SMILES string of the molecule is CSc1ccccc1Nc1cc(N)nc2c1nc(C)n2PI. The van der Waals surface area contributed by atoms with Crippen LogP contribution in [0, 0.1) is 6.92 Å². The maximum Gasteiger partial charge on any atom is 0.168 e. The number of nitrogens with two attached hydrogens (primary N) is 1. The van der Waals surface area contributed by atoms with Crippen LogP contribution in [0.4, 0.5) is 17.2 Å². The highest BCUT2D eigenvalue weighted by Gasteiger charge is 2.14. The summed E-state index contributed by atoms with van der Waals surface area (Å²) in [6.45, 7) is 1.99. The number of para-hydroxylation sites is 1. The van der Waals surface area contributed by atoms with Gasteiger partial charge in [-0.3, -0.25) is 4.34 Å². The van der Waals surface area contributed by atoms with Gasteiger partial charge < -0.3 is 11.1 Å². The molecule has 3 aromatic rings. The van der Waals surface area contributed by atoms with Gasteiger partial charge in [0.1, 0.15) is 17.2 Å². The quantitative estimate of drug-likeness (QED) is 0.351. The molecule has 0 aliphatic heterocycles. The van der Waals surface area contributed by atoms with Gasteiger partial charge in [0.15, 0.2) is 5.65 Å². The molecule has 0 radical (unpaired) electrons. The van der Waals surface area contributed by atoms with E-state index in [2.05, 4.69) is 60.1 Å². The number of fused-ring (bicyclic) bond motifs is 1. The van der Waals surface area contributed by atoms with Gasteiger partial charge in [0.05, 0.1) is 17.7 Å². The summed E-state index contributed by atoms with van der Waals surface area (Å²) in [6.07, 6.45) is 2.60. The third-order valence-electron chi connectivity index (χ3n) is 3.26. The number of hydrogen-bond donors (Lipinski definition) is 2. The van der Waals surface area contributed by atoms with E-state index in [1.54, 1.807) is 11.8 Å². The molecule has 0 saturated carbocycles. The van der Waals surface area contributed by atoms with Crippen LogP contribution in [-0.4, -0.2) is 20.6 Å². The number of thioether (sulfide) groups is 1. The summed E-state index contributed by atoms with van der Waals surface area (Å²) in [7, 11) is 0. The van der Waals surface area contributed by atoms with Gasteiger partial charge in [-0.25, -0.2) is 9.97 Å². The Labute approximate surface area is 147 Å². The normalized spacial score (nSPS) is 11.6. The number of nitrogens with one attached hydrogen (secondary N) is 1. The minimum Gasteiger partial charge on any atom is -0.384 e. The zero-order valence-electron chi connectivity index (χ0n) is 12.1. The lowest BCUT2D eigenvalue weighted by Crippen LogP contribution is -1.98. The molecule has 2 aromatic heterocycles. The van der Waals surface area contributed by atoms with Crippen LogP contribution in [0.25, 0.3) is 11.2 Å². The van der Waals surface area contributed by atoms with E-state index in [4.69, 9.17) is 5.73 Å². The Kier molecular flexibility index (Phi) is 4.75. The van der Waals surface area contributed by atoms with E-state index in [1.807, 2.05) is 25.1 Å². The van der Waals surface area contributed by atoms with Crippen LogP contribution in [0.5, 0.6) is 0 Å². The van der Waals surface area contributed by atoms with Crippen molar-refractivity contribution in [2.45, 2.75) is 11.8 Å². The van der Waals surface area contributed by atoms with E-state index in [0.717, 1.165) is 28.4 Å². The fourth-order valence-corrected chi connectivity index (χ4v) is 4.96. The Morgan fingerprint density at radius 2 is 2.05 bits per heavy atom. The molecule has 1 unspecified atom stereocenters. The third-order valence-corrected chi connectivity index (χ3v) is 6.21. The Morgan fingerprint density at radius 3 is 2.77 bits per heavy atom. The predicted molar refractivity (Wildman–Crippen MR) is 106 cm³/mol. The van der Waals surface area contributed by atoms with Crippen LogP contribution in [0.3, 0.4) is 0 Å². The molecule has 0 fully saturated rings. The molecule has 1 aromatic carbocycles. The number of aryl methyl sites for hydroxylation is 1. The molecule has 8 heteroatoms. The first kappa shape index (κ1) is 15.8. The molecule has 22 heavy (non-hydrogen) atoms. The van der Waals surface area contributed by atoms with Crippen molar-refractivity contribution in [1.29, 1.82) is 0 Å². The molecule has 114 valence electrons. The summed E-state index contributed by atoms with van der Waals surface area (Å²) in [5.74, 6) is 1.44. The monoisotopic (exact) mass is 443 g/mol. The van der Waals surface area contributed by atoms with Gasteiger partial charge in [-0.15, -0.1) is 11.8 Å². The van der Waals surface area contributed by atoms with E-state index in [-0.39, 0.29) is 0 Å². The molecule has 0 bridgehead atoms. The number of aromatic nitrogens is 3. The molecule has 0 aliphatic carbocycles. The fraction of sp³-hybridized carbons (Fsp3) is 0.143. The van der Waals surface area contributed by atoms with Gasteiger partial charge >= 0.3 is 0 Å². The van der Waals surface area contributed by atoms with Crippen molar-refractivity contribution in [3.63, 3.8) is 0 Å². The average Bonchev–Trinajstić information content (AvgIpc) is 2.83. The Bertz CT molecular complexity index is 835. The van der Waals surface area contributed by atoms with E-state index in [9.17, 15) is 0 Å². The number of nitrogens with zero attached hydrogens (tertiary/aromatic N) is 3. The number of benzene rings is 1. The largest absolute Gasteiger partial charge is 0.384 e. The summed E-state index contributed by atoms with van der Waals surface area (Å²) in [6, 6.07) is 10.0. The number of imidazole rings is 1. The second-order valence-corrected chi connectivity index (χ2v) is 7.58. The van der Waals surface area contributed by atoms with Gasteiger partial charge in [-0.1, -0.05) is 12.1 Å². The zero-order valence-corrected chi connectivity index (χ0v) is 16.1. The van der Waals surface area contributed by atoms with Crippen LogP contribution in [-0.2, 0) is 0 Å². The van der Waals surface area contributed by atoms with E-state index < -0.39 is 0 Å².